The molecule has 0 fully saturated rings. The number of halogens is 1. The van der Waals surface area contributed by atoms with Gasteiger partial charge in [0.1, 0.15) is 5.82 Å². The molecule has 1 aromatic heterocycles. The van der Waals surface area contributed by atoms with Crippen LogP contribution in [0.3, 0.4) is 0 Å². The number of nitrogens with zero attached hydrogens (tertiary/aromatic N) is 1. The standard InChI is InChI=1S/C13H19ClN2O2S.CH3NOS/c1-13(2,3)10(17)6-7-18-12(19)16-11-5-4-9(14)8-15-11;2-1(3)4/h4-5,8,10,17H,6-7H2,1-3H3,(H,15,16,19);(H3,2,3,4). The second kappa shape index (κ2) is 10.6. The van der Waals surface area contributed by atoms with Crippen LogP contribution in [0.15, 0.2) is 18.3 Å². The minimum Gasteiger partial charge on any atom is -0.471 e. The highest BCUT2D eigenvalue weighted by molar-refractivity contribution is 7.96. The first-order valence-electron chi connectivity index (χ1n) is 6.74. The number of nitrogens with one attached hydrogen (secondary N) is 1. The van der Waals surface area contributed by atoms with E-state index < -0.39 is 11.3 Å². The topological polar surface area (TPSA) is 97.5 Å². The van der Waals surface area contributed by atoms with Crippen molar-refractivity contribution in [3.63, 3.8) is 0 Å². The number of carbonyl (C=O) groups excluding carboxylic acids is 1. The van der Waals surface area contributed by atoms with Gasteiger partial charge in [-0.1, -0.05) is 45.0 Å². The zero-order valence-corrected chi connectivity index (χ0v) is 15.7. The Balaban J connectivity index is 0.00000108. The number of pyridine rings is 1. The number of hydrogen-bond donors (Lipinski definition) is 4. The lowest BCUT2D eigenvalue weighted by atomic mass is 9.87. The van der Waals surface area contributed by atoms with Crippen molar-refractivity contribution < 1.29 is 14.6 Å². The van der Waals surface area contributed by atoms with E-state index in [1.54, 1.807) is 12.1 Å². The van der Waals surface area contributed by atoms with Crippen LogP contribution in [-0.2, 0) is 4.74 Å². The molecule has 0 aliphatic rings. The molecule has 23 heavy (non-hydrogen) atoms. The molecular weight excluding hydrogens is 358 g/mol. The van der Waals surface area contributed by atoms with Crippen molar-refractivity contribution in [3.8, 4) is 0 Å². The lowest BCUT2D eigenvalue weighted by molar-refractivity contribution is 0.0426. The van der Waals surface area contributed by atoms with Gasteiger partial charge in [-0.25, -0.2) is 4.98 Å². The van der Waals surface area contributed by atoms with Crippen LogP contribution in [0, 0.1) is 5.41 Å². The molecule has 0 aliphatic heterocycles. The Kier molecular flexibility index (Phi) is 10.1. The summed E-state index contributed by atoms with van der Waals surface area (Å²) in [7, 11) is 0. The minimum atomic E-state index is -0.639. The van der Waals surface area contributed by atoms with Crippen LogP contribution in [0.25, 0.3) is 0 Å². The summed E-state index contributed by atoms with van der Waals surface area (Å²) < 4.78 is 5.33. The minimum absolute atomic E-state index is 0.157. The lowest BCUT2D eigenvalue weighted by Crippen LogP contribution is -2.28. The van der Waals surface area contributed by atoms with Crippen molar-refractivity contribution in [1.82, 2.24) is 4.98 Å². The van der Waals surface area contributed by atoms with Crippen LogP contribution in [0.2, 0.25) is 5.02 Å². The maximum atomic E-state index is 9.85. The van der Waals surface area contributed by atoms with Gasteiger partial charge in [0.2, 0.25) is 0 Å². The first kappa shape index (κ1) is 21.9. The predicted octanol–water partition coefficient (Wildman–Crippen LogP) is 3.24. The summed E-state index contributed by atoms with van der Waals surface area (Å²) in [6, 6.07) is 3.42. The van der Waals surface area contributed by atoms with E-state index >= 15 is 0 Å². The molecule has 0 aliphatic carbocycles. The molecule has 9 heteroatoms. The average Bonchev–Trinajstić information content (AvgIpc) is 2.39. The molecule has 1 atom stereocenters. The number of aromatic nitrogens is 1. The molecule has 1 heterocycles. The molecule has 0 saturated heterocycles. The van der Waals surface area contributed by atoms with Gasteiger partial charge in [0, 0.05) is 12.6 Å². The summed E-state index contributed by atoms with van der Waals surface area (Å²) in [6.07, 6.45) is 1.62. The van der Waals surface area contributed by atoms with Crippen molar-refractivity contribution in [3.05, 3.63) is 23.4 Å². The van der Waals surface area contributed by atoms with E-state index in [-0.39, 0.29) is 10.6 Å². The number of amides is 1. The Labute approximate surface area is 152 Å². The second-order valence-electron chi connectivity index (χ2n) is 5.63. The summed E-state index contributed by atoms with van der Waals surface area (Å²) in [4.78, 5) is 13.1. The van der Waals surface area contributed by atoms with E-state index in [1.807, 2.05) is 20.8 Å². The van der Waals surface area contributed by atoms with Crippen molar-refractivity contribution in [2.24, 2.45) is 11.1 Å². The van der Waals surface area contributed by atoms with E-state index in [0.717, 1.165) is 0 Å². The Morgan fingerprint density at radius 3 is 2.57 bits per heavy atom. The number of hydrogen-bond acceptors (Lipinski definition) is 5. The zero-order valence-electron chi connectivity index (χ0n) is 13.2. The second-order valence-corrected chi connectivity index (χ2v) is 6.88. The fraction of sp³-hybridized carbons (Fsp3) is 0.500. The third-order valence-electron chi connectivity index (χ3n) is 2.58. The Hall–Kier alpha value is -1.09. The van der Waals surface area contributed by atoms with Crippen LogP contribution in [0.1, 0.15) is 27.2 Å². The molecule has 1 rings (SSSR count). The first-order chi connectivity index (χ1) is 10.5. The maximum absolute atomic E-state index is 9.85. The normalized spacial score (nSPS) is 11.7. The average molecular weight is 380 g/mol. The fourth-order valence-corrected chi connectivity index (χ4v) is 1.59. The van der Waals surface area contributed by atoms with E-state index in [2.05, 4.69) is 28.7 Å². The SMILES string of the molecule is CC(C)(C)C(O)CCOC(=S)Nc1ccc(Cl)cn1.NC(=O)S. The van der Waals surface area contributed by atoms with Crippen molar-refractivity contribution in [2.75, 3.05) is 11.9 Å². The van der Waals surface area contributed by atoms with Gasteiger partial charge in [-0.2, -0.15) is 0 Å². The summed E-state index contributed by atoms with van der Waals surface area (Å²) >= 11 is 13.9. The number of carbonyl (C=O) groups is 1. The lowest BCUT2D eigenvalue weighted by Gasteiger charge is -2.25. The largest absolute Gasteiger partial charge is 0.471 e. The first-order valence-corrected chi connectivity index (χ1v) is 7.97. The number of anilines is 1. The summed E-state index contributed by atoms with van der Waals surface area (Å²) in [5, 5.41) is 12.8. The van der Waals surface area contributed by atoms with E-state index in [4.69, 9.17) is 33.4 Å². The number of aliphatic hydroxyl groups is 1. The zero-order chi connectivity index (χ0) is 18.0. The van der Waals surface area contributed by atoms with Gasteiger partial charge < -0.3 is 20.9 Å². The molecule has 1 unspecified atom stereocenters. The number of thiol groups is 1. The molecular formula is C14H22ClN3O3S2. The van der Waals surface area contributed by atoms with E-state index in [1.165, 1.54) is 6.20 Å². The molecule has 0 aromatic carbocycles. The van der Waals surface area contributed by atoms with Crippen LogP contribution < -0.4 is 11.1 Å². The number of aliphatic hydroxyl groups excluding tert-OH is 1. The highest BCUT2D eigenvalue weighted by Gasteiger charge is 2.21. The van der Waals surface area contributed by atoms with Gasteiger partial charge in [0.15, 0.2) is 0 Å². The Bertz CT molecular complexity index is 503. The van der Waals surface area contributed by atoms with Gasteiger partial charge in [-0.05, 0) is 29.8 Å². The van der Waals surface area contributed by atoms with Crippen LogP contribution in [0.4, 0.5) is 10.6 Å². The third kappa shape index (κ3) is 12.1. The quantitative estimate of drug-likeness (QED) is 0.473. The van der Waals surface area contributed by atoms with Crippen LogP contribution in [0.5, 0.6) is 0 Å². The van der Waals surface area contributed by atoms with E-state index in [0.29, 0.717) is 23.9 Å². The number of primary amides is 1. The van der Waals surface area contributed by atoms with Crippen molar-refractivity contribution in [1.29, 1.82) is 0 Å². The van der Waals surface area contributed by atoms with Crippen molar-refractivity contribution >= 4 is 52.7 Å². The van der Waals surface area contributed by atoms with E-state index in [9.17, 15) is 5.11 Å². The molecule has 0 radical (unpaired) electrons. The summed E-state index contributed by atoms with van der Waals surface area (Å²) in [5.74, 6) is 0.575. The molecule has 6 nitrogen and oxygen atoms in total. The number of thiocarbonyl (C=S) groups is 1. The molecule has 1 amide bonds. The molecule has 0 spiro atoms. The summed E-state index contributed by atoms with van der Waals surface area (Å²) in [6.45, 7) is 6.29. The van der Waals surface area contributed by atoms with Gasteiger partial charge in [0.25, 0.3) is 10.4 Å². The highest BCUT2D eigenvalue weighted by Crippen LogP contribution is 2.21. The Morgan fingerprint density at radius 2 is 2.13 bits per heavy atom. The van der Waals surface area contributed by atoms with Gasteiger partial charge in [-0.15, -0.1) is 0 Å². The molecule has 4 N–H and O–H groups in total. The predicted molar refractivity (Wildman–Crippen MR) is 100 cm³/mol. The number of rotatable bonds is 4. The van der Waals surface area contributed by atoms with Crippen LogP contribution >= 0.6 is 36.4 Å². The molecule has 0 saturated carbocycles. The number of ether oxygens (including phenoxy) is 1. The van der Waals surface area contributed by atoms with Crippen LogP contribution in [-0.4, -0.2) is 33.2 Å². The monoisotopic (exact) mass is 379 g/mol. The maximum Gasteiger partial charge on any atom is 0.273 e. The third-order valence-corrected chi connectivity index (χ3v) is 3.03. The van der Waals surface area contributed by atoms with Gasteiger partial charge >= 0.3 is 0 Å². The molecule has 130 valence electrons. The highest BCUT2D eigenvalue weighted by atomic mass is 35.5. The Morgan fingerprint density at radius 1 is 1.57 bits per heavy atom. The summed E-state index contributed by atoms with van der Waals surface area (Å²) in [5.41, 5.74) is 4.18. The number of nitrogens with two attached hydrogens (primary N) is 1. The smallest absolute Gasteiger partial charge is 0.273 e. The molecule has 1 aromatic rings. The van der Waals surface area contributed by atoms with Crippen molar-refractivity contribution in [2.45, 2.75) is 33.3 Å². The fourth-order valence-electron chi connectivity index (χ4n) is 1.29. The molecule has 0 bridgehead atoms. The van der Waals surface area contributed by atoms with Gasteiger partial charge in [0.05, 0.1) is 17.7 Å². The van der Waals surface area contributed by atoms with Gasteiger partial charge in [-0.3, -0.25) is 4.79 Å².